The molecule has 0 radical (unpaired) electrons. The quantitative estimate of drug-likeness (QED) is 0.674. The highest BCUT2D eigenvalue weighted by Gasteiger charge is 2.37. The fourth-order valence-corrected chi connectivity index (χ4v) is 2.68. The lowest BCUT2D eigenvalue weighted by Crippen LogP contribution is -2.57. The first-order chi connectivity index (χ1) is 8.55. The minimum Gasteiger partial charge on any atom is -0.468 e. The molecule has 0 aromatic carbocycles. The molecule has 1 N–H and O–H groups in total. The van der Waals surface area contributed by atoms with Crippen molar-refractivity contribution in [2.75, 3.05) is 47.0 Å². The molecule has 18 heavy (non-hydrogen) atoms. The summed E-state index contributed by atoms with van der Waals surface area (Å²) in [7, 11) is 3.18. The number of rotatable bonds is 7. The van der Waals surface area contributed by atoms with E-state index in [0.29, 0.717) is 12.5 Å². The highest BCUT2D eigenvalue weighted by Crippen LogP contribution is 2.19. The predicted octanol–water partition coefficient (Wildman–Crippen LogP) is 0.496. The molecule has 2 atom stereocenters. The highest BCUT2D eigenvalue weighted by atomic mass is 16.5. The molecule has 106 valence electrons. The number of hydrogen-bond acceptors (Lipinski definition) is 5. The van der Waals surface area contributed by atoms with Gasteiger partial charge in [-0.15, -0.1) is 0 Å². The standard InChI is InChI=1S/C13H26N2O3/c1-5-14-13(2,12(16)18-4)10-15-7-6-11(8-15)9-17-3/h11,14H,5-10H2,1-4H3. The van der Waals surface area contributed by atoms with E-state index in [-0.39, 0.29) is 5.97 Å². The molecule has 5 nitrogen and oxygen atoms in total. The van der Waals surface area contributed by atoms with E-state index in [0.717, 1.165) is 32.7 Å². The van der Waals surface area contributed by atoms with Crippen molar-refractivity contribution in [2.45, 2.75) is 25.8 Å². The van der Waals surface area contributed by atoms with Gasteiger partial charge in [0.2, 0.25) is 0 Å². The summed E-state index contributed by atoms with van der Waals surface area (Å²) in [5.41, 5.74) is -0.620. The Labute approximate surface area is 110 Å². The minimum absolute atomic E-state index is 0.195. The zero-order valence-electron chi connectivity index (χ0n) is 12.0. The lowest BCUT2D eigenvalue weighted by atomic mass is 10.0. The summed E-state index contributed by atoms with van der Waals surface area (Å²) in [6, 6.07) is 0. The van der Waals surface area contributed by atoms with Gasteiger partial charge in [0.15, 0.2) is 0 Å². The third kappa shape index (κ3) is 3.93. The van der Waals surface area contributed by atoms with Crippen molar-refractivity contribution in [3.63, 3.8) is 0 Å². The molecule has 0 aliphatic carbocycles. The summed E-state index contributed by atoms with van der Waals surface area (Å²) >= 11 is 0. The third-order valence-corrected chi connectivity index (χ3v) is 3.52. The van der Waals surface area contributed by atoms with Crippen LogP contribution in [0.2, 0.25) is 0 Å². The Morgan fingerprint density at radius 1 is 1.50 bits per heavy atom. The second kappa shape index (κ2) is 7.07. The number of esters is 1. The Kier molecular flexibility index (Phi) is 6.05. The zero-order chi connectivity index (χ0) is 13.6. The molecule has 0 saturated carbocycles. The van der Waals surface area contributed by atoms with Crippen LogP contribution in [0.4, 0.5) is 0 Å². The number of carbonyl (C=O) groups is 1. The average Bonchev–Trinajstić information content (AvgIpc) is 2.76. The predicted molar refractivity (Wildman–Crippen MR) is 70.5 cm³/mol. The summed E-state index contributed by atoms with van der Waals surface area (Å²) < 4.78 is 10.1. The largest absolute Gasteiger partial charge is 0.468 e. The van der Waals surface area contributed by atoms with E-state index in [2.05, 4.69) is 10.2 Å². The summed E-state index contributed by atoms with van der Waals surface area (Å²) in [5.74, 6) is 0.387. The zero-order valence-corrected chi connectivity index (χ0v) is 12.0. The number of carbonyl (C=O) groups excluding carboxylic acids is 1. The van der Waals surface area contributed by atoms with Crippen LogP contribution in [0.1, 0.15) is 20.3 Å². The van der Waals surface area contributed by atoms with Crippen LogP contribution in [-0.2, 0) is 14.3 Å². The van der Waals surface area contributed by atoms with Crippen molar-refractivity contribution in [1.29, 1.82) is 0 Å². The van der Waals surface area contributed by atoms with E-state index in [1.54, 1.807) is 7.11 Å². The van der Waals surface area contributed by atoms with E-state index in [1.807, 2.05) is 13.8 Å². The number of methoxy groups -OCH3 is 2. The van der Waals surface area contributed by atoms with Crippen LogP contribution < -0.4 is 5.32 Å². The highest BCUT2D eigenvalue weighted by molar-refractivity contribution is 5.80. The lowest BCUT2D eigenvalue weighted by Gasteiger charge is -2.32. The number of ether oxygens (including phenoxy) is 2. The first-order valence-corrected chi connectivity index (χ1v) is 6.60. The minimum atomic E-state index is -0.620. The number of likely N-dealkylation sites (tertiary alicyclic amines) is 1. The molecule has 0 bridgehead atoms. The number of hydrogen-bond donors (Lipinski definition) is 1. The van der Waals surface area contributed by atoms with E-state index < -0.39 is 5.54 Å². The monoisotopic (exact) mass is 258 g/mol. The SMILES string of the molecule is CCNC(C)(CN1CCC(COC)C1)C(=O)OC. The van der Waals surface area contributed by atoms with Crippen LogP contribution in [-0.4, -0.2) is 63.4 Å². The van der Waals surface area contributed by atoms with Crippen LogP contribution in [0.15, 0.2) is 0 Å². The van der Waals surface area contributed by atoms with Gasteiger partial charge in [0, 0.05) is 20.2 Å². The van der Waals surface area contributed by atoms with Crippen molar-refractivity contribution in [3.8, 4) is 0 Å². The third-order valence-electron chi connectivity index (χ3n) is 3.52. The normalized spacial score (nSPS) is 23.9. The summed E-state index contributed by atoms with van der Waals surface area (Å²) in [5, 5.41) is 3.24. The molecule has 1 rings (SSSR count). The van der Waals surface area contributed by atoms with Crippen molar-refractivity contribution < 1.29 is 14.3 Å². The van der Waals surface area contributed by atoms with Gasteiger partial charge < -0.3 is 19.7 Å². The Hall–Kier alpha value is -0.650. The Balaban J connectivity index is 2.54. The van der Waals surface area contributed by atoms with Gasteiger partial charge >= 0.3 is 5.97 Å². The van der Waals surface area contributed by atoms with Crippen LogP contribution in [0, 0.1) is 5.92 Å². The lowest BCUT2D eigenvalue weighted by molar-refractivity contribution is -0.148. The molecule has 1 saturated heterocycles. The van der Waals surface area contributed by atoms with E-state index in [1.165, 1.54) is 7.11 Å². The second-order valence-electron chi connectivity index (χ2n) is 5.20. The first-order valence-electron chi connectivity index (χ1n) is 6.60. The summed E-state index contributed by atoms with van der Waals surface area (Å²) in [6.07, 6.45) is 1.14. The van der Waals surface area contributed by atoms with Crippen molar-refractivity contribution in [2.24, 2.45) is 5.92 Å². The van der Waals surface area contributed by atoms with Crippen LogP contribution in [0.5, 0.6) is 0 Å². The smallest absolute Gasteiger partial charge is 0.327 e. The topological polar surface area (TPSA) is 50.8 Å². The van der Waals surface area contributed by atoms with Crippen LogP contribution >= 0.6 is 0 Å². The van der Waals surface area contributed by atoms with E-state index in [4.69, 9.17) is 9.47 Å². The van der Waals surface area contributed by atoms with Crippen LogP contribution in [0.25, 0.3) is 0 Å². The average molecular weight is 258 g/mol. The second-order valence-corrected chi connectivity index (χ2v) is 5.20. The molecule has 1 fully saturated rings. The van der Waals surface area contributed by atoms with Gasteiger partial charge in [-0.1, -0.05) is 6.92 Å². The molecule has 5 heteroatoms. The van der Waals surface area contributed by atoms with Crippen LogP contribution in [0.3, 0.4) is 0 Å². The van der Waals surface area contributed by atoms with E-state index in [9.17, 15) is 4.79 Å². The fourth-order valence-electron chi connectivity index (χ4n) is 2.68. The maximum atomic E-state index is 11.9. The molecular weight excluding hydrogens is 232 g/mol. The molecular formula is C13H26N2O3. The van der Waals surface area contributed by atoms with Crippen molar-refractivity contribution in [3.05, 3.63) is 0 Å². The maximum Gasteiger partial charge on any atom is 0.327 e. The molecule has 0 aromatic rings. The molecule has 0 aromatic heterocycles. The van der Waals surface area contributed by atoms with Crippen molar-refractivity contribution in [1.82, 2.24) is 10.2 Å². The number of likely N-dealkylation sites (N-methyl/N-ethyl adjacent to an activating group) is 1. The van der Waals surface area contributed by atoms with Gasteiger partial charge in [-0.25, -0.2) is 0 Å². The van der Waals surface area contributed by atoms with Gasteiger partial charge in [0.1, 0.15) is 5.54 Å². The summed E-state index contributed by atoms with van der Waals surface area (Å²) in [6.45, 7) is 8.16. The molecule has 1 heterocycles. The molecule has 0 amide bonds. The van der Waals surface area contributed by atoms with Gasteiger partial charge in [-0.2, -0.15) is 0 Å². The Morgan fingerprint density at radius 3 is 2.78 bits per heavy atom. The van der Waals surface area contributed by atoms with Gasteiger partial charge in [0.05, 0.1) is 13.7 Å². The maximum absolute atomic E-state index is 11.9. The fraction of sp³-hybridized carbons (Fsp3) is 0.923. The Morgan fingerprint density at radius 2 is 2.22 bits per heavy atom. The molecule has 0 spiro atoms. The van der Waals surface area contributed by atoms with Gasteiger partial charge in [-0.05, 0) is 32.4 Å². The summed E-state index contributed by atoms with van der Waals surface area (Å²) in [4.78, 5) is 14.2. The molecule has 1 aliphatic rings. The number of nitrogens with one attached hydrogen (secondary N) is 1. The number of nitrogens with zero attached hydrogens (tertiary/aromatic N) is 1. The van der Waals surface area contributed by atoms with Gasteiger partial charge in [0.25, 0.3) is 0 Å². The van der Waals surface area contributed by atoms with Gasteiger partial charge in [-0.3, -0.25) is 4.79 Å². The molecule has 2 unspecified atom stereocenters. The first kappa shape index (κ1) is 15.4. The Bertz CT molecular complexity index is 273. The molecule has 1 aliphatic heterocycles. The van der Waals surface area contributed by atoms with E-state index >= 15 is 0 Å². The van der Waals surface area contributed by atoms with Crippen molar-refractivity contribution >= 4 is 5.97 Å².